The van der Waals surface area contributed by atoms with Crippen molar-refractivity contribution in [2.45, 2.75) is 6.54 Å². The summed E-state index contributed by atoms with van der Waals surface area (Å²) in [5.74, 6) is 0.481. The Bertz CT molecular complexity index is 470. The molecule has 0 radical (unpaired) electrons. The first kappa shape index (κ1) is 9.15. The molecular weight excluding hydrogens is 192 g/mol. The molecule has 2 heterocycles. The molecule has 0 amide bonds. The lowest BCUT2D eigenvalue weighted by Gasteiger charge is -2.03. The lowest BCUT2D eigenvalue weighted by Crippen LogP contribution is -2.04. The van der Waals surface area contributed by atoms with Gasteiger partial charge in [-0.25, -0.2) is 0 Å². The Morgan fingerprint density at radius 3 is 3.07 bits per heavy atom. The minimum atomic E-state index is 0.476. The van der Waals surface area contributed by atoms with Crippen LogP contribution in [0.4, 0.5) is 5.82 Å². The number of anilines is 1. The molecule has 0 fully saturated rings. The maximum absolute atomic E-state index is 8.80. The number of aromatic nitrogens is 4. The molecular formula is C9H8N6. The number of hydrogen-bond acceptors (Lipinski definition) is 5. The van der Waals surface area contributed by atoms with Gasteiger partial charge in [-0.05, 0) is 12.1 Å². The minimum Gasteiger partial charge on any atom is -0.362 e. The predicted molar refractivity (Wildman–Crippen MR) is 52.7 cm³/mol. The topological polar surface area (TPSA) is 90.3 Å². The standard InChI is InChI=1S/C9H8N6/c10-5-7-1-3-13-15-9(7)11-6-8-2-4-12-14-8/h1-4H,6H2,(H,11,15)(H,12,14). The van der Waals surface area contributed by atoms with E-state index in [1.54, 1.807) is 12.3 Å². The van der Waals surface area contributed by atoms with Crippen molar-refractivity contribution in [3.63, 3.8) is 0 Å². The van der Waals surface area contributed by atoms with Crippen LogP contribution in [-0.4, -0.2) is 20.4 Å². The van der Waals surface area contributed by atoms with Gasteiger partial charge in [-0.3, -0.25) is 5.10 Å². The molecule has 0 atom stereocenters. The van der Waals surface area contributed by atoms with E-state index in [9.17, 15) is 0 Å². The fraction of sp³-hybridized carbons (Fsp3) is 0.111. The van der Waals surface area contributed by atoms with Crippen molar-refractivity contribution < 1.29 is 0 Å². The third-order valence-corrected chi connectivity index (χ3v) is 1.85. The second kappa shape index (κ2) is 4.19. The highest BCUT2D eigenvalue weighted by atomic mass is 15.2. The molecule has 0 unspecified atom stereocenters. The van der Waals surface area contributed by atoms with E-state index in [0.29, 0.717) is 17.9 Å². The lowest BCUT2D eigenvalue weighted by molar-refractivity contribution is 0.950. The second-order valence-corrected chi connectivity index (χ2v) is 2.84. The number of nitrogens with one attached hydrogen (secondary N) is 2. The molecule has 0 saturated carbocycles. The van der Waals surface area contributed by atoms with Crippen molar-refractivity contribution in [2.75, 3.05) is 5.32 Å². The van der Waals surface area contributed by atoms with Crippen LogP contribution in [-0.2, 0) is 6.54 Å². The van der Waals surface area contributed by atoms with E-state index in [2.05, 4.69) is 25.7 Å². The number of hydrogen-bond donors (Lipinski definition) is 2. The summed E-state index contributed by atoms with van der Waals surface area (Å²) in [5, 5.41) is 25.9. The summed E-state index contributed by atoms with van der Waals surface area (Å²) >= 11 is 0. The second-order valence-electron chi connectivity index (χ2n) is 2.84. The highest BCUT2D eigenvalue weighted by Crippen LogP contribution is 2.09. The molecule has 2 aromatic heterocycles. The maximum Gasteiger partial charge on any atom is 0.166 e. The number of rotatable bonds is 3. The van der Waals surface area contributed by atoms with Gasteiger partial charge in [-0.15, -0.1) is 5.10 Å². The smallest absolute Gasteiger partial charge is 0.166 e. The number of nitrogens with zero attached hydrogens (tertiary/aromatic N) is 4. The molecule has 0 saturated heterocycles. The molecule has 15 heavy (non-hydrogen) atoms. The third kappa shape index (κ3) is 2.08. The van der Waals surface area contributed by atoms with Gasteiger partial charge in [-0.1, -0.05) is 0 Å². The van der Waals surface area contributed by atoms with E-state index in [1.807, 2.05) is 12.1 Å². The molecule has 74 valence electrons. The normalized spacial score (nSPS) is 9.53. The minimum absolute atomic E-state index is 0.476. The first-order valence-corrected chi connectivity index (χ1v) is 4.34. The quantitative estimate of drug-likeness (QED) is 0.760. The zero-order valence-corrected chi connectivity index (χ0v) is 7.81. The number of H-pyrrole nitrogens is 1. The van der Waals surface area contributed by atoms with Gasteiger partial charge < -0.3 is 5.32 Å². The molecule has 0 aliphatic rings. The van der Waals surface area contributed by atoms with Crippen LogP contribution in [0.5, 0.6) is 0 Å². The average molecular weight is 200 g/mol. The molecule has 0 aliphatic heterocycles. The number of nitriles is 1. The monoisotopic (exact) mass is 200 g/mol. The van der Waals surface area contributed by atoms with Gasteiger partial charge >= 0.3 is 0 Å². The molecule has 2 aromatic rings. The van der Waals surface area contributed by atoms with Gasteiger partial charge in [0.05, 0.1) is 24.0 Å². The molecule has 2 N–H and O–H groups in total. The zero-order chi connectivity index (χ0) is 10.5. The van der Waals surface area contributed by atoms with Crippen LogP contribution in [0.15, 0.2) is 24.5 Å². The first-order valence-electron chi connectivity index (χ1n) is 4.34. The van der Waals surface area contributed by atoms with E-state index in [1.165, 1.54) is 6.20 Å². The Morgan fingerprint density at radius 1 is 1.40 bits per heavy atom. The van der Waals surface area contributed by atoms with Crippen molar-refractivity contribution in [3.05, 3.63) is 35.8 Å². The first-order chi connectivity index (χ1) is 7.40. The van der Waals surface area contributed by atoms with Crippen LogP contribution in [0, 0.1) is 11.3 Å². The summed E-state index contributed by atoms with van der Waals surface area (Å²) in [5.41, 5.74) is 1.40. The van der Waals surface area contributed by atoms with Crippen LogP contribution >= 0.6 is 0 Å². The third-order valence-electron chi connectivity index (χ3n) is 1.85. The molecule has 0 aromatic carbocycles. The summed E-state index contributed by atoms with van der Waals surface area (Å²) in [6.45, 7) is 0.535. The van der Waals surface area contributed by atoms with Crippen molar-refractivity contribution in [2.24, 2.45) is 0 Å². The summed E-state index contributed by atoms with van der Waals surface area (Å²) in [6.07, 6.45) is 3.15. The van der Waals surface area contributed by atoms with E-state index in [4.69, 9.17) is 5.26 Å². The number of aromatic amines is 1. The largest absolute Gasteiger partial charge is 0.362 e. The van der Waals surface area contributed by atoms with Gasteiger partial charge in [0.2, 0.25) is 0 Å². The maximum atomic E-state index is 8.80. The zero-order valence-electron chi connectivity index (χ0n) is 7.81. The molecule has 0 spiro atoms. The van der Waals surface area contributed by atoms with Crippen molar-refractivity contribution in [3.8, 4) is 6.07 Å². The summed E-state index contributed by atoms with van der Waals surface area (Å²) in [7, 11) is 0. The SMILES string of the molecule is N#Cc1ccnnc1NCc1ccn[nH]1. The van der Waals surface area contributed by atoms with Crippen LogP contribution in [0.1, 0.15) is 11.3 Å². The highest BCUT2D eigenvalue weighted by molar-refractivity contribution is 5.50. The Hall–Kier alpha value is -2.42. The van der Waals surface area contributed by atoms with Gasteiger partial charge in [-0.2, -0.15) is 15.5 Å². The van der Waals surface area contributed by atoms with Crippen molar-refractivity contribution in [1.29, 1.82) is 5.26 Å². The molecule has 6 nitrogen and oxygen atoms in total. The Labute approximate surface area is 86.0 Å². The fourth-order valence-electron chi connectivity index (χ4n) is 1.11. The van der Waals surface area contributed by atoms with Gasteiger partial charge in [0.1, 0.15) is 6.07 Å². The molecule has 0 bridgehead atoms. The van der Waals surface area contributed by atoms with Gasteiger partial charge in [0, 0.05) is 6.20 Å². The Balaban J connectivity index is 2.08. The van der Waals surface area contributed by atoms with Crippen molar-refractivity contribution in [1.82, 2.24) is 20.4 Å². The van der Waals surface area contributed by atoms with E-state index < -0.39 is 0 Å². The summed E-state index contributed by atoms with van der Waals surface area (Å²) in [6, 6.07) is 5.49. The van der Waals surface area contributed by atoms with Crippen LogP contribution in [0.25, 0.3) is 0 Å². The summed E-state index contributed by atoms with van der Waals surface area (Å²) < 4.78 is 0. The van der Waals surface area contributed by atoms with E-state index >= 15 is 0 Å². The average Bonchev–Trinajstić information content (AvgIpc) is 2.79. The Morgan fingerprint density at radius 2 is 2.33 bits per heavy atom. The van der Waals surface area contributed by atoms with Gasteiger partial charge in [0.15, 0.2) is 5.82 Å². The van der Waals surface area contributed by atoms with E-state index in [-0.39, 0.29) is 0 Å². The predicted octanol–water partition coefficient (Wildman–Crippen LogP) is 0.683. The van der Waals surface area contributed by atoms with Crippen LogP contribution in [0.2, 0.25) is 0 Å². The van der Waals surface area contributed by atoms with Crippen molar-refractivity contribution >= 4 is 5.82 Å². The lowest BCUT2D eigenvalue weighted by atomic mass is 10.3. The highest BCUT2D eigenvalue weighted by Gasteiger charge is 2.02. The van der Waals surface area contributed by atoms with Gasteiger partial charge in [0.25, 0.3) is 0 Å². The summed E-state index contributed by atoms with van der Waals surface area (Å²) in [4.78, 5) is 0. The Kier molecular flexibility index (Phi) is 2.56. The fourth-order valence-corrected chi connectivity index (χ4v) is 1.11. The molecule has 6 heteroatoms. The molecule has 0 aliphatic carbocycles. The molecule has 2 rings (SSSR count). The van der Waals surface area contributed by atoms with E-state index in [0.717, 1.165) is 5.69 Å². The van der Waals surface area contributed by atoms with Crippen LogP contribution in [0.3, 0.4) is 0 Å². The van der Waals surface area contributed by atoms with Crippen LogP contribution < -0.4 is 5.32 Å².